The van der Waals surface area contributed by atoms with Crippen LogP contribution in [0.25, 0.3) is 0 Å². The quantitative estimate of drug-likeness (QED) is 0.887. The van der Waals surface area contributed by atoms with E-state index in [1.54, 1.807) is 7.11 Å². The fourth-order valence-corrected chi connectivity index (χ4v) is 2.80. The van der Waals surface area contributed by atoms with Crippen molar-refractivity contribution in [3.8, 4) is 0 Å². The van der Waals surface area contributed by atoms with Crippen LogP contribution in [0.2, 0.25) is 0 Å². The van der Waals surface area contributed by atoms with Gasteiger partial charge in [0, 0.05) is 47.8 Å². The van der Waals surface area contributed by atoms with E-state index in [-0.39, 0.29) is 0 Å². The largest absolute Gasteiger partial charge is 0.381 e. The first kappa shape index (κ1) is 15.1. The molecular formula is C16H21BrN2O. The number of ether oxygens (including phenoxy) is 1. The first-order chi connectivity index (χ1) is 9.54. The van der Waals surface area contributed by atoms with E-state index in [2.05, 4.69) is 58.8 Å². The van der Waals surface area contributed by atoms with Crippen LogP contribution >= 0.6 is 15.9 Å². The highest BCUT2D eigenvalue weighted by Gasteiger charge is 2.09. The van der Waals surface area contributed by atoms with Gasteiger partial charge in [-0.05, 0) is 37.6 Å². The summed E-state index contributed by atoms with van der Waals surface area (Å²) in [5.74, 6) is 0. The minimum atomic E-state index is 0.594. The predicted molar refractivity (Wildman–Crippen MR) is 87.1 cm³/mol. The van der Waals surface area contributed by atoms with Gasteiger partial charge in [-0.25, -0.2) is 0 Å². The SMILES string of the molecule is COCc1c(Br)cccc1NCc1cc(C)n(C)c1C. The van der Waals surface area contributed by atoms with Crippen molar-refractivity contribution in [2.75, 3.05) is 12.4 Å². The van der Waals surface area contributed by atoms with Crippen LogP contribution in [0.15, 0.2) is 28.7 Å². The summed E-state index contributed by atoms with van der Waals surface area (Å²) in [6.07, 6.45) is 0. The Balaban J connectivity index is 2.18. The molecule has 1 aromatic heterocycles. The Hall–Kier alpha value is -1.26. The summed E-state index contributed by atoms with van der Waals surface area (Å²) in [4.78, 5) is 0. The lowest BCUT2D eigenvalue weighted by Gasteiger charge is -2.13. The fourth-order valence-electron chi connectivity index (χ4n) is 2.32. The van der Waals surface area contributed by atoms with Crippen LogP contribution in [0.1, 0.15) is 22.5 Å². The van der Waals surface area contributed by atoms with Crippen molar-refractivity contribution in [1.82, 2.24) is 4.57 Å². The van der Waals surface area contributed by atoms with Crippen LogP contribution in [-0.4, -0.2) is 11.7 Å². The molecule has 0 spiro atoms. The molecule has 1 heterocycles. The number of halogens is 1. The number of aromatic nitrogens is 1. The number of methoxy groups -OCH3 is 1. The number of nitrogens with zero attached hydrogens (tertiary/aromatic N) is 1. The number of hydrogen-bond acceptors (Lipinski definition) is 2. The summed E-state index contributed by atoms with van der Waals surface area (Å²) >= 11 is 3.58. The Morgan fingerprint density at radius 1 is 1.30 bits per heavy atom. The second-order valence-electron chi connectivity index (χ2n) is 5.01. The molecule has 0 unspecified atom stereocenters. The highest BCUT2D eigenvalue weighted by Crippen LogP contribution is 2.26. The second kappa shape index (κ2) is 6.46. The van der Waals surface area contributed by atoms with Crippen LogP contribution < -0.4 is 5.32 Å². The van der Waals surface area contributed by atoms with Gasteiger partial charge in [0.2, 0.25) is 0 Å². The maximum Gasteiger partial charge on any atom is 0.0744 e. The maximum absolute atomic E-state index is 5.27. The van der Waals surface area contributed by atoms with Crippen molar-refractivity contribution in [1.29, 1.82) is 0 Å². The smallest absolute Gasteiger partial charge is 0.0744 e. The van der Waals surface area contributed by atoms with E-state index in [0.717, 1.165) is 22.3 Å². The van der Waals surface area contributed by atoms with Gasteiger partial charge in [0.05, 0.1) is 6.61 Å². The number of nitrogens with one attached hydrogen (secondary N) is 1. The summed E-state index contributed by atoms with van der Waals surface area (Å²) in [6.45, 7) is 5.70. The molecule has 0 aliphatic heterocycles. The molecule has 0 radical (unpaired) electrons. The molecule has 0 atom stereocenters. The van der Waals surface area contributed by atoms with Crippen molar-refractivity contribution < 1.29 is 4.74 Å². The third-order valence-corrected chi connectivity index (χ3v) is 4.50. The first-order valence-electron chi connectivity index (χ1n) is 6.66. The van der Waals surface area contributed by atoms with Crippen LogP contribution in [0.4, 0.5) is 5.69 Å². The Labute approximate surface area is 129 Å². The standard InChI is InChI=1S/C16H21BrN2O/c1-11-8-13(12(2)19(11)3)9-18-16-7-5-6-15(17)14(16)10-20-4/h5-8,18H,9-10H2,1-4H3. The molecule has 0 saturated heterocycles. The number of anilines is 1. The maximum atomic E-state index is 5.27. The highest BCUT2D eigenvalue weighted by atomic mass is 79.9. The van der Waals surface area contributed by atoms with E-state index in [4.69, 9.17) is 4.74 Å². The van der Waals surface area contributed by atoms with Gasteiger partial charge in [-0.3, -0.25) is 0 Å². The molecule has 20 heavy (non-hydrogen) atoms. The molecule has 0 amide bonds. The van der Waals surface area contributed by atoms with Gasteiger partial charge in [-0.2, -0.15) is 0 Å². The number of hydrogen-bond donors (Lipinski definition) is 1. The molecule has 1 aromatic carbocycles. The molecule has 2 rings (SSSR count). The topological polar surface area (TPSA) is 26.2 Å². The minimum absolute atomic E-state index is 0.594. The molecule has 108 valence electrons. The molecule has 4 heteroatoms. The number of rotatable bonds is 5. The Kier molecular flexibility index (Phi) is 4.89. The van der Waals surface area contributed by atoms with Crippen molar-refractivity contribution in [3.63, 3.8) is 0 Å². The van der Waals surface area contributed by atoms with Crippen molar-refractivity contribution >= 4 is 21.6 Å². The average Bonchev–Trinajstić information content (AvgIpc) is 2.67. The Morgan fingerprint density at radius 2 is 2.05 bits per heavy atom. The third kappa shape index (κ3) is 3.07. The summed E-state index contributed by atoms with van der Waals surface area (Å²) < 4.78 is 8.56. The zero-order valence-corrected chi connectivity index (χ0v) is 14.0. The molecule has 1 N–H and O–H groups in total. The number of benzene rings is 1. The zero-order valence-electron chi connectivity index (χ0n) is 12.5. The molecule has 0 bridgehead atoms. The molecular weight excluding hydrogens is 316 g/mol. The van der Waals surface area contributed by atoms with E-state index in [1.807, 2.05) is 12.1 Å². The lowest BCUT2D eigenvalue weighted by atomic mass is 10.1. The molecule has 0 aliphatic rings. The summed E-state index contributed by atoms with van der Waals surface area (Å²) in [7, 11) is 3.82. The van der Waals surface area contributed by atoms with Crippen molar-refractivity contribution in [2.45, 2.75) is 27.0 Å². The molecule has 3 nitrogen and oxygen atoms in total. The van der Waals surface area contributed by atoms with E-state index in [0.29, 0.717) is 6.61 Å². The lowest BCUT2D eigenvalue weighted by molar-refractivity contribution is 0.185. The van der Waals surface area contributed by atoms with E-state index < -0.39 is 0 Å². The molecule has 0 saturated carbocycles. The first-order valence-corrected chi connectivity index (χ1v) is 7.46. The van der Waals surface area contributed by atoms with Gasteiger partial charge < -0.3 is 14.6 Å². The van der Waals surface area contributed by atoms with Gasteiger partial charge in [0.15, 0.2) is 0 Å². The van der Waals surface area contributed by atoms with Crippen LogP contribution in [0.5, 0.6) is 0 Å². The highest BCUT2D eigenvalue weighted by molar-refractivity contribution is 9.10. The zero-order chi connectivity index (χ0) is 14.7. The van der Waals surface area contributed by atoms with Gasteiger partial charge in [-0.15, -0.1) is 0 Å². The third-order valence-electron chi connectivity index (χ3n) is 3.76. The minimum Gasteiger partial charge on any atom is -0.381 e. The molecule has 0 aliphatic carbocycles. The Bertz CT molecular complexity index is 605. The number of aryl methyl sites for hydroxylation is 1. The summed E-state index contributed by atoms with van der Waals surface area (Å²) in [5, 5.41) is 3.51. The molecule has 0 fully saturated rings. The van der Waals surface area contributed by atoms with E-state index in [1.165, 1.54) is 17.0 Å². The van der Waals surface area contributed by atoms with Gasteiger partial charge in [0.25, 0.3) is 0 Å². The van der Waals surface area contributed by atoms with Crippen LogP contribution in [-0.2, 0) is 24.9 Å². The fraction of sp³-hybridized carbons (Fsp3) is 0.375. The van der Waals surface area contributed by atoms with Crippen LogP contribution in [0.3, 0.4) is 0 Å². The summed E-state index contributed by atoms with van der Waals surface area (Å²) in [6, 6.07) is 8.40. The van der Waals surface area contributed by atoms with Crippen LogP contribution in [0, 0.1) is 13.8 Å². The second-order valence-corrected chi connectivity index (χ2v) is 5.86. The lowest BCUT2D eigenvalue weighted by Crippen LogP contribution is -2.05. The van der Waals surface area contributed by atoms with E-state index in [9.17, 15) is 0 Å². The van der Waals surface area contributed by atoms with Crippen molar-refractivity contribution in [2.24, 2.45) is 7.05 Å². The summed E-state index contributed by atoms with van der Waals surface area (Å²) in [5.41, 5.74) is 6.18. The van der Waals surface area contributed by atoms with Gasteiger partial charge in [-0.1, -0.05) is 22.0 Å². The normalized spacial score (nSPS) is 10.8. The monoisotopic (exact) mass is 336 g/mol. The van der Waals surface area contributed by atoms with Crippen molar-refractivity contribution in [3.05, 3.63) is 51.3 Å². The van der Waals surface area contributed by atoms with E-state index >= 15 is 0 Å². The molecule has 2 aromatic rings. The predicted octanol–water partition coefficient (Wildman–Crippen LogP) is 4.16. The van der Waals surface area contributed by atoms with Gasteiger partial charge >= 0.3 is 0 Å². The average molecular weight is 337 g/mol. The Morgan fingerprint density at radius 3 is 2.65 bits per heavy atom. The van der Waals surface area contributed by atoms with Gasteiger partial charge in [0.1, 0.15) is 0 Å².